The normalized spacial score (nSPS) is 19.8. The minimum atomic E-state index is 0.546. The maximum atomic E-state index is 5.65. The van der Waals surface area contributed by atoms with Gasteiger partial charge in [-0.15, -0.1) is 6.58 Å². The first-order valence-corrected chi connectivity index (χ1v) is 8.93. The van der Waals surface area contributed by atoms with Crippen LogP contribution in [0.4, 0.5) is 0 Å². The zero-order chi connectivity index (χ0) is 18.1. The maximum absolute atomic E-state index is 5.65. The standard InChI is InChI=1S/C21H33BNO/c1-8-20(19-10-9-12-24-13-11-19)21(17(5)18(6)22-7)14-16(4)23-15(2)3/h8,19,23H,2,4,6,9-14H2,1,3,5,7H3/b20-8-,21-17-. The van der Waals surface area contributed by atoms with E-state index in [4.69, 9.17) is 4.74 Å². The van der Waals surface area contributed by atoms with Gasteiger partial charge in [0.2, 0.25) is 0 Å². The van der Waals surface area contributed by atoms with Gasteiger partial charge >= 0.3 is 0 Å². The highest BCUT2D eigenvalue weighted by molar-refractivity contribution is 6.45. The van der Waals surface area contributed by atoms with Crippen molar-refractivity contribution in [3.63, 3.8) is 0 Å². The van der Waals surface area contributed by atoms with Crippen LogP contribution < -0.4 is 5.32 Å². The van der Waals surface area contributed by atoms with Crippen LogP contribution in [0.1, 0.15) is 46.5 Å². The lowest BCUT2D eigenvalue weighted by Gasteiger charge is -2.25. The average Bonchev–Trinajstić information content (AvgIpc) is 2.81. The fourth-order valence-corrected chi connectivity index (χ4v) is 3.29. The van der Waals surface area contributed by atoms with Crippen molar-refractivity contribution < 1.29 is 4.74 Å². The van der Waals surface area contributed by atoms with Gasteiger partial charge in [-0.2, -0.15) is 0 Å². The number of hydrogen-bond donors (Lipinski definition) is 1. The zero-order valence-electron chi connectivity index (χ0n) is 16.0. The van der Waals surface area contributed by atoms with Gasteiger partial charge in [-0.3, -0.25) is 0 Å². The van der Waals surface area contributed by atoms with Gasteiger partial charge in [-0.05, 0) is 57.1 Å². The molecule has 0 spiro atoms. The molecular weight excluding hydrogens is 293 g/mol. The molecule has 1 aliphatic heterocycles. The lowest BCUT2D eigenvalue weighted by Crippen LogP contribution is -2.14. The van der Waals surface area contributed by atoms with Gasteiger partial charge < -0.3 is 10.1 Å². The van der Waals surface area contributed by atoms with Crippen LogP contribution in [0.25, 0.3) is 0 Å². The molecule has 24 heavy (non-hydrogen) atoms. The molecule has 1 rings (SSSR count). The summed E-state index contributed by atoms with van der Waals surface area (Å²) in [6, 6.07) is 0. The van der Waals surface area contributed by atoms with Gasteiger partial charge in [0.25, 0.3) is 0 Å². The number of hydrogen-bond acceptors (Lipinski definition) is 2. The number of nitrogens with one attached hydrogen (secondary N) is 1. The zero-order valence-corrected chi connectivity index (χ0v) is 16.0. The van der Waals surface area contributed by atoms with Crippen molar-refractivity contribution in [2.75, 3.05) is 13.2 Å². The third-order valence-corrected chi connectivity index (χ3v) is 4.61. The summed E-state index contributed by atoms with van der Waals surface area (Å²) >= 11 is 0. The number of ether oxygens (including phenoxy) is 1. The van der Waals surface area contributed by atoms with Crippen molar-refractivity contribution in [2.24, 2.45) is 5.92 Å². The van der Waals surface area contributed by atoms with Crippen LogP contribution in [-0.4, -0.2) is 20.5 Å². The molecule has 2 nitrogen and oxygen atoms in total. The molecule has 1 heterocycles. The van der Waals surface area contributed by atoms with Crippen LogP contribution in [0.15, 0.2) is 59.4 Å². The Balaban J connectivity index is 3.16. The van der Waals surface area contributed by atoms with E-state index in [1.807, 2.05) is 13.7 Å². The topological polar surface area (TPSA) is 21.3 Å². The van der Waals surface area contributed by atoms with Crippen LogP contribution >= 0.6 is 0 Å². The summed E-state index contributed by atoms with van der Waals surface area (Å²) in [6.45, 7) is 22.4. The molecule has 1 aliphatic rings. The third-order valence-electron chi connectivity index (χ3n) is 4.61. The molecule has 0 amide bonds. The molecule has 1 N–H and O–H groups in total. The van der Waals surface area contributed by atoms with E-state index < -0.39 is 0 Å². The molecule has 1 fully saturated rings. The molecule has 1 saturated heterocycles. The molecule has 0 aromatic heterocycles. The van der Waals surface area contributed by atoms with Gasteiger partial charge in [-0.1, -0.05) is 37.1 Å². The van der Waals surface area contributed by atoms with Crippen LogP contribution in [0.2, 0.25) is 6.82 Å². The average molecular weight is 326 g/mol. The highest BCUT2D eigenvalue weighted by Crippen LogP contribution is 2.34. The summed E-state index contributed by atoms with van der Waals surface area (Å²) in [5.74, 6) is 0.546. The molecule has 1 atom stereocenters. The van der Waals surface area contributed by atoms with Crippen LogP contribution in [0.5, 0.6) is 0 Å². The Morgan fingerprint density at radius 1 is 1.21 bits per heavy atom. The fraction of sp³-hybridized carbons (Fsp3) is 0.524. The van der Waals surface area contributed by atoms with Crippen molar-refractivity contribution in [3.05, 3.63) is 59.4 Å². The van der Waals surface area contributed by atoms with Gasteiger partial charge in [-0.25, -0.2) is 0 Å². The minimum absolute atomic E-state index is 0.546. The summed E-state index contributed by atoms with van der Waals surface area (Å²) < 4.78 is 5.65. The monoisotopic (exact) mass is 326 g/mol. The second-order valence-corrected chi connectivity index (χ2v) is 6.59. The largest absolute Gasteiger partial charge is 0.381 e. The van der Waals surface area contributed by atoms with Crippen molar-refractivity contribution in [1.82, 2.24) is 5.32 Å². The van der Waals surface area contributed by atoms with E-state index in [1.54, 1.807) is 0 Å². The molecule has 1 radical (unpaired) electrons. The fourth-order valence-electron chi connectivity index (χ4n) is 3.29. The molecule has 0 aromatic carbocycles. The minimum Gasteiger partial charge on any atom is -0.381 e. The SMILES string of the molecule is C=C(C)NC(=C)CC(/C(=C\C)C1CCCOCC1)=C(\C)C(=C)[B]C. The maximum Gasteiger partial charge on any atom is 0.147 e. The van der Waals surface area contributed by atoms with Crippen LogP contribution in [0.3, 0.4) is 0 Å². The highest BCUT2D eigenvalue weighted by Gasteiger charge is 2.21. The van der Waals surface area contributed by atoms with E-state index in [2.05, 4.69) is 52.3 Å². The van der Waals surface area contributed by atoms with Crippen molar-refractivity contribution in [1.29, 1.82) is 0 Å². The molecule has 0 aliphatic carbocycles. The van der Waals surface area contributed by atoms with E-state index in [0.29, 0.717) is 5.92 Å². The Labute approximate surface area is 149 Å². The summed E-state index contributed by atoms with van der Waals surface area (Å²) in [5, 5.41) is 3.26. The first kappa shape index (κ1) is 20.6. The molecule has 1 unspecified atom stereocenters. The van der Waals surface area contributed by atoms with Crippen LogP contribution in [-0.2, 0) is 4.74 Å². The molecule has 0 saturated carbocycles. The van der Waals surface area contributed by atoms with Crippen molar-refractivity contribution in [3.8, 4) is 0 Å². The van der Waals surface area contributed by atoms with Gasteiger partial charge in [0.15, 0.2) is 0 Å². The third kappa shape index (κ3) is 6.20. The van der Waals surface area contributed by atoms with Crippen molar-refractivity contribution >= 4 is 7.28 Å². The van der Waals surface area contributed by atoms with E-state index in [0.717, 1.165) is 49.3 Å². The van der Waals surface area contributed by atoms with Gasteiger partial charge in [0, 0.05) is 31.0 Å². The Morgan fingerprint density at radius 2 is 1.92 bits per heavy atom. The van der Waals surface area contributed by atoms with Gasteiger partial charge in [0.05, 0.1) is 0 Å². The predicted octanol–water partition coefficient (Wildman–Crippen LogP) is 5.36. The quantitative estimate of drug-likeness (QED) is 0.479. The summed E-state index contributed by atoms with van der Waals surface area (Å²) in [7, 11) is 2.08. The van der Waals surface area contributed by atoms with Crippen LogP contribution in [0, 0.1) is 5.92 Å². The summed E-state index contributed by atoms with van der Waals surface area (Å²) in [4.78, 5) is 0. The molecule has 131 valence electrons. The van der Waals surface area contributed by atoms with E-state index in [-0.39, 0.29) is 0 Å². The molecule has 0 bridgehead atoms. The first-order chi connectivity index (χ1) is 11.4. The van der Waals surface area contributed by atoms with E-state index in [1.165, 1.54) is 23.1 Å². The summed E-state index contributed by atoms with van der Waals surface area (Å²) in [6.07, 6.45) is 6.45. The lowest BCUT2D eigenvalue weighted by atomic mass is 9.68. The van der Waals surface area contributed by atoms with Crippen molar-refractivity contribution in [2.45, 2.75) is 53.3 Å². The predicted molar refractivity (Wildman–Crippen MR) is 107 cm³/mol. The molecule has 0 aromatic rings. The Kier molecular flexibility index (Phi) is 8.92. The number of allylic oxidation sites excluding steroid dienone is 6. The Hall–Kier alpha value is -1.48. The Bertz CT molecular complexity index is 534. The second kappa shape index (κ2) is 10.4. The van der Waals surface area contributed by atoms with E-state index in [9.17, 15) is 0 Å². The lowest BCUT2D eigenvalue weighted by molar-refractivity contribution is 0.142. The van der Waals surface area contributed by atoms with E-state index >= 15 is 0 Å². The second-order valence-electron chi connectivity index (χ2n) is 6.59. The van der Waals surface area contributed by atoms with Gasteiger partial charge in [0.1, 0.15) is 7.28 Å². The highest BCUT2D eigenvalue weighted by atomic mass is 16.5. The number of rotatable bonds is 8. The summed E-state index contributed by atoms with van der Waals surface area (Å²) in [5.41, 5.74) is 6.99. The smallest absolute Gasteiger partial charge is 0.147 e. The Morgan fingerprint density at radius 3 is 2.50 bits per heavy atom. The molecular formula is C21H33BNO. The first-order valence-electron chi connectivity index (χ1n) is 8.93. The molecule has 3 heteroatoms.